The number of pyridine rings is 1. The highest BCUT2D eigenvalue weighted by Gasteiger charge is 2.04. The van der Waals surface area contributed by atoms with E-state index < -0.39 is 0 Å². The molecule has 1 aromatic carbocycles. The fraction of sp³-hybridized carbons (Fsp3) is 0. The van der Waals surface area contributed by atoms with Crippen molar-refractivity contribution in [2.45, 2.75) is 0 Å². The predicted molar refractivity (Wildman–Crippen MR) is 72.9 cm³/mol. The van der Waals surface area contributed by atoms with Gasteiger partial charge in [-0.3, -0.25) is 0 Å². The molecule has 0 bridgehead atoms. The van der Waals surface area contributed by atoms with Crippen LogP contribution in [-0.4, -0.2) is 9.97 Å². The van der Waals surface area contributed by atoms with E-state index in [1.54, 1.807) is 18.5 Å². The average Bonchev–Trinajstić information content (AvgIpc) is 2.49. The molecule has 3 aromatic rings. The summed E-state index contributed by atoms with van der Waals surface area (Å²) >= 11 is 0. The van der Waals surface area contributed by atoms with Gasteiger partial charge in [-0.25, -0.2) is 9.97 Å². The van der Waals surface area contributed by atoms with E-state index in [4.69, 9.17) is 4.74 Å². The number of nitrogens with zero attached hydrogens (tertiary/aromatic N) is 3. The molecule has 0 saturated heterocycles. The molecule has 5 heteroatoms. The molecule has 0 aliphatic carbocycles. The van der Waals surface area contributed by atoms with Gasteiger partial charge in [0.1, 0.15) is 5.75 Å². The van der Waals surface area contributed by atoms with Crippen LogP contribution in [0.1, 0.15) is 0 Å². The van der Waals surface area contributed by atoms with E-state index in [1.165, 1.54) is 12.4 Å². The maximum atomic E-state index is 11.2. The van der Waals surface area contributed by atoms with Crippen molar-refractivity contribution in [3.05, 3.63) is 72.5 Å². The number of ether oxygens (including phenoxy) is 1. The normalized spacial score (nSPS) is 10.2. The van der Waals surface area contributed by atoms with Crippen molar-refractivity contribution in [3.8, 4) is 22.9 Å². The SMILES string of the molecule is [O-][n+]1cccc(-c2cnc(Oc3ccccc3)nc2)c1. The zero-order chi connectivity index (χ0) is 13.8. The van der Waals surface area contributed by atoms with Gasteiger partial charge in [-0.1, -0.05) is 18.2 Å². The number of para-hydroxylation sites is 1. The number of rotatable bonds is 3. The number of aromatic nitrogens is 3. The maximum absolute atomic E-state index is 11.2. The van der Waals surface area contributed by atoms with Crippen LogP contribution < -0.4 is 9.47 Å². The first-order valence-corrected chi connectivity index (χ1v) is 6.05. The Balaban J connectivity index is 1.81. The first kappa shape index (κ1) is 12.1. The van der Waals surface area contributed by atoms with E-state index in [-0.39, 0.29) is 6.01 Å². The molecule has 0 N–H and O–H groups in total. The highest BCUT2D eigenvalue weighted by Crippen LogP contribution is 2.19. The summed E-state index contributed by atoms with van der Waals surface area (Å²) in [5.41, 5.74) is 1.52. The lowest BCUT2D eigenvalue weighted by Crippen LogP contribution is -2.23. The first-order chi connectivity index (χ1) is 9.81. The number of hydrogen-bond donors (Lipinski definition) is 0. The minimum absolute atomic E-state index is 0.269. The zero-order valence-corrected chi connectivity index (χ0v) is 10.5. The molecule has 0 radical (unpaired) electrons. The molecule has 0 aliphatic rings. The summed E-state index contributed by atoms with van der Waals surface area (Å²) in [6.45, 7) is 0. The van der Waals surface area contributed by atoms with Crippen LogP contribution in [0.4, 0.5) is 0 Å². The molecule has 0 amide bonds. The van der Waals surface area contributed by atoms with Crippen molar-refractivity contribution in [2.24, 2.45) is 0 Å². The van der Waals surface area contributed by atoms with E-state index >= 15 is 0 Å². The average molecular weight is 265 g/mol. The smallest absolute Gasteiger partial charge is 0.321 e. The lowest BCUT2D eigenvalue weighted by Gasteiger charge is -2.04. The third-order valence-electron chi connectivity index (χ3n) is 2.69. The second kappa shape index (κ2) is 5.36. The van der Waals surface area contributed by atoms with Gasteiger partial charge in [-0.2, -0.15) is 4.73 Å². The molecule has 0 saturated carbocycles. The lowest BCUT2D eigenvalue weighted by atomic mass is 10.2. The van der Waals surface area contributed by atoms with Crippen LogP contribution >= 0.6 is 0 Å². The van der Waals surface area contributed by atoms with E-state index in [2.05, 4.69) is 9.97 Å². The molecule has 0 aliphatic heterocycles. The molecule has 98 valence electrons. The van der Waals surface area contributed by atoms with Crippen molar-refractivity contribution < 1.29 is 9.47 Å². The zero-order valence-electron chi connectivity index (χ0n) is 10.5. The summed E-state index contributed by atoms with van der Waals surface area (Å²) in [7, 11) is 0. The van der Waals surface area contributed by atoms with Gasteiger partial charge in [0.25, 0.3) is 0 Å². The second-order valence-electron chi connectivity index (χ2n) is 4.12. The quantitative estimate of drug-likeness (QED) is 0.539. The summed E-state index contributed by atoms with van der Waals surface area (Å²) in [6, 6.07) is 13.1. The van der Waals surface area contributed by atoms with E-state index in [9.17, 15) is 5.21 Å². The molecule has 0 spiro atoms. The Labute approximate surface area is 115 Å². The Morgan fingerprint density at radius 2 is 1.65 bits per heavy atom. The summed E-state index contributed by atoms with van der Waals surface area (Å²) in [4.78, 5) is 8.27. The molecule has 0 atom stereocenters. The molecular weight excluding hydrogens is 254 g/mol. The van der Waals surface area contributed by atoms with Gasteiger partial charge in [0.05, 0.1) is 5.56 Å². The molecule has 0 unspecified atom stereocenters. The van der Waals surface area contributed by atoms with Crippen molar-refractivity contribution in [2.75, 3.05) is 0 Å². The summed E-state index contributed by atoms with van der Waals surface area (Å²) in [5, 5.41) is 11.2. The minimum atomic E-state index is 0.269. The number of hydrogen-bond acceptors (Lipinski definition) is 4. The van der Waals surface area contributed by atoms with Gasteiger partial charge in [0.2, 0.25) is 0 Å². The predicted octanol–water partition coefficient (Wildman–Crippen LogP) is 2.57. The topological polar surface area (TPSA) is 62.0 Å². The summed E-state index contributed by atoms with van der Waals surface area (Å²) in [6.07, 6.45) is 6.15. The standard InChI is InChI=1S/C15H11N3O2/c19-18-8-4-5-12(11-18)13-9-16-15(17-10-13)20-14-6-2-1-3-7-14/h1-11H. The van der Waals surface area contributed by atoms with E-state index in [1.807, 2.05) is 36.4 Å². The maximum Gasteiger partial charge on any atom is 0.321 e. The molecule has 0 fully saturated rings. The van der Waals surface area contributed by atoms with Crippen LogP contribution in [0.5, 0.6) is 11.8 Å². The minimum Gasteiger partial charge on any atom is -0.619 e. The van der Waals surface area contributed by atoms with Gasteiger partial charge in [-0.15, -0.1) is 0 Å². The highest BCUT2D eigenvalue weighted by atomic mass is 16.5. The van der Waals surface area contributed by atoms with E-state index in [0.717, 1.165) is 15.9 Å². The van der Waals surface area contributed by atoms with Crippen molar-refractivity contribution in [1.29, 1.82) is 0 Å². The third-order valence-corrected chi connectivity index (χ3v) is 2.69. The monoisotopic (exact) mass is 265 g/mol. The van der Waals surface area contributed by atoms with Crippen LogP contribution in [0.3, 0.4) is 0 Å². The van der Waals surface area contributed by atoms with Crippen molar-refractivity contribution >= 4 is 0 Å². The lowest BCUT2D eigenvalue weighted by molar-refractivity contribution is -0.604. The van der Waals surface area contributed by atoms with Crippen LogP contribution in [0.15, 0.2) is 67.3 Å². The van der Waals surface area contributed by atoms with Crippen LogP contribution in [0, 0.1) is 5.21 Å². The van der Waals surface area contributed by atoms with Gasteiger partial charge < -0.3 is 9.94 Å². The Kier molecular flexibility index (Phi) is 3.24. The summed E-state index contributed by atoms with van der Waals surface area (Å²) in [5.74, 6) is 0.678. The van der Waals surface area contributed by atoms with Crippen LogP contribution in [0.25, 0.3) is 11.1 Å². The molecule has 5 nitrogen and oxygen atoms in total. The van der Waals surface area contributed by atoms with Gasteiger partial charge >= 0.3 is 6.01 Å². The molecule has 2 heterocycles. The number of benzene rings is 1. The van der Waals surface area contributed by atoms with Gasteiger partial charge in [-0.05, 0) is 18.2 Å². The van der Waals surface area contributed by atoms with Gasteiger partial charge in [0.15, 0.2) is 12.4 Å². The Bertz CT molecular complexity index is 700. The Hall–Kier alpha value is -2.95. The molecule has 2 aromatic heterocycles. The van der Waals surface area contributed by atoms with Crippen LogP contribution in [-0.2, 0) is 0 Å². The van der Waals surface area contributed by atoms with Gasteiger partial charge in [0, 0.05) is 24.0 Å². The third kappa shape index (κ3) is 2.72. The molecular formula is C15H11N3O2. The molecule has 3 rings (SSSR count). The van der Waals surface area contributed by atoms with Crippen molar-refractivity contribution in [3.63, 3.8) is 0 Å². The molecule has 20 heavy (non-hydrogen) atoms. The fourth-order valence-electron chi connectivity index (χ4n) is 1.74. The first-order valence-electron chi connectivity index (χ1n) is 6.05. The Morgan fingerprint density at radius 1 is 0.900 bits per heavy atom. The second-order valence-corrected chi connectivity index (χ2v) is 4.12. The van der Waals surface area contributed by atoms with E-state index in [0.29, 0.717) is 5.75 Å². The van der Waals surface area contributed by atoms with Crippen LogP contribution in [0.2, 0.25) is 0 Å². The highest BCUT2D eigenvalue weighted by molar-refractivity contribution is 5.59. The fourth-order valence-corrected chi connectivity index (χ4v) is 1.74. The Morgan fingerprint density at radius 3 is 2.35 bits per heavy atom. The largest absolute Gasteiger partial charge is 0.619 e. The summed E-state index contributed by atoms with van der Waals surface area (Å²) < 4.78 is 6.24. The van der Waals surface area contributed by atoms with Crippen molar-refractivity contribution in [1.82, 2.24) is 9.97 Å².